The average Bonchev–Trinajstić information content (AvgIpc) is 2.99. The number of hydrazine groups is 1. The van der Waals surface area contributed by atoms with Crippen molar-refractivity contribution in [2.45, 2.75) is 0 Å². The van der Waals surface area contributed by atoms with Gasteiger partial charge in [0.2, 0.25) is 0 Å². The van der Waals surface area contributed by atoms with E-state index in [0.29, 0.717) is 10.6 Å². The molecule has 1 heterocycles. The molecule has 0 aliphatic carbocycles. The van der Waals surface area contributed by atoms with Crippen molar-refractivity contribution in [1.82, 2.24) is 10.9 Å². The number of carbonyl (C=O) groups excluding carboxylic acids is 1. The monoisotopic (exact) mass is 322 g/mol. The molecular formula is C12H10N4O3S2. The van der Waals surface area contributed by atoms with Gasteiger partial charge in [0.05, 0.1) is 9.80 Å². The standard InChI is InChI=1S/C12H10N4O3S2/c17-11(10-2-1-7-21-10)14-15-12(20)13-8-3-5-9(6-4-8)16(18)19/h1-7H,(H,14,17)(H2,13,15,20). The molecule has 1 aromatic heterocycles. The lowest BCUT2D eigenvalue weighted by molar-refractivity contribution is -0.384. The second-order valence-electron chi connectivity index (χ2n) is 3.81. The molecule has 9 heteroatoms. The topological polar surface area (TPSA) is 96.3 Å². The van der Waals surface area contributed by atoms with E-state index in [4.69, 9.17) is 12.2 Å². The normalized spacial score (nSPS) is 9.71. The summed E-state index contributed by atoms with van der Waals surface area (Å²) in [5, 5.41) is 15.3. The number of rotatable bonds is 3. The van der Waals surface area contributed by atoms with E-state index in [1.807, 2.05) is 0 Å². The van der Waals surface area contributed by atoms with Gasteiger partial charge in [-0.15, -0.1) is 11.3 Å². The Morgan fingerprint density at radius 2 is 1.90 bits per heavy atom. The molecule has 0 unspecified atom stereocenters. The molecule has 0 fully saturated rings. The number of nitrogens with zero attached hydrogens (tertiary/aromatic N) is 1. The zero-order valence-electron chi connectivity index (χ0n) is 10.5. The van der Waals surface area contributed by atoms with E-state index in [2.05, 4.69) is 16.2 Å². The van der Waals surface area contributed by atoms with E-state index < -0.39 is 4.92 Å². The Bertz CT molecular complexity index is 656. The van der Waals surface area contributed by atoms with E-state index in [9.17, 15) is 14.9 Å². The SMILES string of the molecule is O=C(NNC(=S)Nc1ccc([N+](=O)[O-])cc1)c1cccs1. The highest BCUT2D eigenvalue weighted by atomic mass is 32.1. The summed E-state index contributed by atoms with van der Waals surface area (Å²) in [5.74, 6) is -0.294. The summed E-state index contributed by atoms with van der Waals surface area (Å²) < 4.78 is 0. The summed E-state index contributed by atoms with van der Waals surface area (Å²) in [7, 11) is 0. The van der Waals surface area contributed by atoms with Crippen molar-refractivity contribution in [2.75, 3.05) is 5.32 Å². The molecule has 0 radical (unpaired) electrons. The summed E-state index contributed by atoms with van der Waals surface area (Å²) in [6.07, 6.45) is 0. The van der Waals surface area contributed by atoms with Crippen molar-refractivity contribution < 1.29 is 9.72 Å². The van der Waals surface area contributed by atoms with E-state index in [-0.39, 0.29) is 16.7 Å². The van der Waals surface area contributed by atoms with Crippen LogP contribution in [-0.4, -0.2) is 15.9 Å². The maximum absolute atomic E-state index is 11.7. The Kier molecular flexibility index (Phi) is 4.80. The van der Waals surface area contributed by atoms with Gasteiger partial charge in [0.25, 0.3) is 11.6 Å². The van der Waals surface area contributed by atoms with Crippen LogP contribution < -0.4 is 16.2 Å². The van der Waals surface area contributed by atoms with Gasteiger partial charge in [-0.1, -0.05) is 6.07 Å². The Hall–Kier alpha value is -2.52. The summed E-state index contributed by atoms with van der Waals surface area (Å²) in [4.78, 5) is 22.3. The first-order valence-corrected chi connectivity index (χ1v) is 7.00. The van der Waals surface area contributed by atoms with Crippen LogP contribution in [0.15, 0.2) is 41.8 Å². The van der Waals surface area contributed by atoms with Crippen LogP contribution in [0.2, 0.25) is 0 Å². The van der Waals surface area contributed by atoms with Crippen LogP contribution in [0.4, 0.5) is 11.4 Å². The van der Waals surface area contributed by atoms with Crippen LogP contribution >= 0.6 is 23.6 Å². The minimum absolute atomic E-state index is 0.00887. The highest BCUT2D eigenvalue weighted by Crippen LogP contribution is 2.15. The Labute approximate surface area is 129 Å². The Balaban J connectivity index is 1.84. The predicted octanol–water partition coefficient (Wildman–Crippen LogP) is 2.29. The zero-order chi connectivity index (χ0) is 15.2. The first-order chi connectivity index (χ1) is 10.1. The van der Waals surface area contributed by atoms with E-state index in [1.54, 1.807) is 17.5 Å². The first kappa shape index (κ1) is 14.9. The maximum atomic E-state index is 11.7. The summed E-state index contributed by atoms with van der Waals surface area (Å²) in [5.41, 5.74) is 5.56. The second kappa shape index (κ2) is 6.77. The molecule has 3 N–H and O–H groups in total. The number of thiophene rings is 1. The van der Waals surface area contributed by atoms with Crippen LogP contribution in [0.3, 0.4) is 0 Å². The fourth-order valence-corrected chi connectivity index (χ4v) is 2.20. The lowest BCUT2D eigenvalue weighted by atomic mass is 10.3. The van der Waals surface area contributed by atoms with Gasteiger partial charge in [0.15, 0.2) is 5.11 Å². The third kappa shape index (κ3) is 4.23. The highest BCUT2D eigenvalue weighted by molar-refractivity contribution is 7.80. The lowest BCUT2D eigenvalue weighted by Gasteiger charge is -2.10. The lowest BCUT2D eigenvalue weighted by Crippen LogP contribution is -2.43. The minimum Gasteiger partial charge on any atom is -0.331 e. The average molecular weight is 322 g/mol. The van der Waals surface area contributed by atoms with Crippen LogP contribution in [0.1, 0.15) is 9.67 Å². The number of anilines is 1. The highest BCUT2D eigenvalue weighted by Gasteiger charge is 2.07. The van der Waals surface area contributed by atoms with Gasteiger partial charge in [0, 0.05) is 17.8 Å². The molecule has 7 nitrogen and oxygen atoms in total. The van der Waals surface area contributed by atoms with Gasteiger partial charge in [-0.25, -0.2) is 0 Å². The van der Waals surface area contributed by atoms with Crippen molar-refractivity contribution in [1.29, 1.82) is 0 Å². The van der Waals surface area contributed by atoms with Crippen LogP contribution in [0.5, 0.6) is 0 Å². The molecule has 0 atom stereocenters. The van der Waals surface area contributed by atoms with E-state index in [1.165, 1.54) is 35.6 Å². The smallest absolute Gasteiger partial charge is 0.279 e. The van der Waals surface area contributed by atoms with Gasteiger partial charge in [-0.2, -0.15) is 0 Å². The number of non-ortho nitro benzene ring substituents is 1. The number of hydrogen-bond donors (Lipinski definition) is 3. The van der Waals surface area contributed by atoms with Crippen molar-refractivity contribution in [3.8, 4) is 0 Å². The summed E-state index contributed by atoms with van der Waals surface area (Å²) in [6.45, 7) is 0. The molecule has 1 aromatic carbocycles. The third-order valence-corrected chi connectivity index (χ3v) is 3.44. The summed E-state index contributed by atoms with van der Waals surface area (Å²) >= 11 is 6.31. The molecule has 0 aliphatic heterocycles. The maximum Gasteiger partial charge on any atom is 0.279 e. The molecule has 0 saturated carbocycles. The van der Waals surface area contributed by atoms with Crippen LogP contribution in [-0.2, 0) is 0 Å². The largest absolute Gasteiger partial charge is 0.331 e. The molecule has 108 valence electrons. The van der Waals surface area contributed by atoms with Gasteiger partial charge in [0.1, 0.15) is 0 Å². The van der Waals surface area contributed by atoms with Crippen LogP contribution in [0, 0.1) is 10.1 Å². The van der Waals surface area contributed by atoms with Crippen molar-refractivity contribution >= 4 is 45.9 Å². The fourth-order valence-electron chi connectivity index (χ4n) is 1.41. The molecule has 0 spiro atoms. The van der Waals surface area contributed by atoms with Crippen LogP contribution in [0.25, 0.3) is 0 Å². The molecule has 0 aliphatic rings. The molecule has 0 bridgehead atoms. The zero-order valence-corrected chi connectivity index (χ0v) is 12.2. The van der Waals surface area contributed by atoms with Crippen molar-refractivity contribution in [3.63, 3.8) is 0 Å². The molecule has 0 saturated heterocycles. The molecule has 2 aromatic rings. The Morgan fingerprint density at radius 3 is 2.48 bits per heavy atom. The summed E-state index contributed by atoms with van der Waals surface area (Å²) in [6, 6.07) is 9.21. The fraction of sp³-hybridized carbons (Fsp3) is 0. The Morgan fingerprint density at radius 1 is 1.19 bits per heavy atom. The molecular weight excluding hydrogens is 312 g/mol. The number of carbonyl (C=O) groups is 1. The van der Waals surface area contributed by atoms with Crippen molar-refractivity contribution in [3.05, 3.63) is 56.8 Å². The van der Waals surface area contributed by atoms with Gasteiger partial charge < -0.3 is 5.32 Å². The predicted molar refractivity (Wildman–Crippen MR) is 84.2 cm³/mol. The second-order valence-corrected chi connectivity index (χ2v) is 5.17. The quantitative estimate of drug-likeness (QED) is 0.456. The number of benzene rings is 1. The van der Waals surface area contributed by atoms with E-state index >= 15 is 0 Å². The van der Waals surface area contributed by atoms with Crippen molar-refractivity contribution in [2.24, 2.45) is 0 Å². The third-order valence-electron chi connectivity index (χ3n) is 2.37. The van der Waals surface area contributed by atoms with Gasteiger partial charge in [-0.3, -0.25) is 25.8 Å². The number of hydrogen-bond acceptors (Lipinski definition) is 5. The number of nitro groups is 1. The van der Waals surface area contributed by atoms with Gasteiger partial charge in [-0.05, 0) is 35.8 Å². The first-order valence-electron chi connectivity index (χ1n) is 5.71. The molecule has 2 rings (SSSR count). The minimum atomic E-state index is -0.485. The number of amides is 1. The number of nitrogens with one attached hydrogen (secondary N) is 3. The molecule has 21 heavy (non-hydrogen) atoms. The number of thiocarbonyl (C=S) groups is 1. The molecule has 1 amide bonds. The van der Waals surface area contributed by atoms with E-state index in [0.717, 1.165) is 0 Å². The van der Waals surface area contributed by atoms with Gasteiger partial charge >= 0.3 is 0 Å². The number of nitro benzene ring substituents is 1.